The van der Waals surface area contributed by atoms with E-state index in [1.54, 1.807) is 11.3 Å². The molecule has 1 aliphatic heterocycles. The Morgan fingerprint density at radius 2 is 1.95 bits per heavy atom. The van der Waals surface area contributed by atoms with Gasteiger partial charge in [-0.3, -0.25) is 0 Å². The summed E-state index contributed by atoms with van der Waals surface area (Å²) in [7, 11) is 0. The van der Waals surface area contributed by atoms with Gasteiger partial charge in [0.25, 0.3) is 0 Å². The number of aromatic nitrogens is 2. The molecule has 22 heavy (non-hydrogen) atoms. The topological polar surface area (TPSA) is 67.3 Å². The van der Waals surface area contributed by atoms with Gasteiger partial charge in [0.05, 0.1) is 0 Å². The van der Waals surface area contributed by atoms with Crippen LogP contribution in [0.3, 0.4) is 0 Å². The lowest BCUT2D eigenvalue weighted by Crippen LogP contribution is -2.53. The average Bonchev–Trinajstić information content (AvgIpc) is 2.89. The number of rotatable bonds is 2. The van der Waals surface area contributed by atoms with Gasteiger partial charge in [0.1, 0.15) is 5.60 Å². The van der Waals surface area contributed by atoms with E-state index in [2.05, 4.69) is 36.3 Å². The van der Waals surface area contributed by atoms with Gasteiger partial charge < -0.3 is 15.0 Å². The number of carbonyl (C=O) groups excluding carboxylic acids is 1. The van der Waals surface area contributed by atoms with E-state index in [9.17, 15) is 4.79 Å². The molecule has 1 aromatic rings. The summed E-state index contributed by atoms with van der Waals surface area (Å²) in [4.78, 5) is 14.3. The lowest BCUT2D eigenvalue weighted by atomic mass is 9.92. The van der Waals surface area contributed by atoms with E-state index in [1.165, 1.54) is 0 Å². The van der Waals surface area contributed by atoms with Crippen LogP contribution in [0, 0.1) is 11.8 Å². The Labute approximate surface area is 142 Å². The Hall–Kier alpha value is -0.890. The second-order valence-electron chi connectivity index (χ2n) is 7.01. The van der Waals surface area contributed by atoms with Crippen LogP contribution in [0.5, 0.6) is 0 Å². The number of amides is 1. The molecule has 1 saturated carbocycles. The monoisotopic (exact) mass is 388 g/mol. The molecule has 3 rings (SSSR count). The molecular weight excluding hydrogens is 368 g/mol. The van der Waals surface area contributed by atoms with E-state index < -0.39 is 5.60 Å². The summed E-state index contributed by atoms with van der Waals surface area (Å²) < 4.78 is 6.20. The van der Waals surface area contributed by atoms with Crippen molar-refractivity contribution in [1.82, 2.24) is 15.5 Å². The SMILES string of the molecule is CC(C)(C)OC(=O)N[C@H]1[C@@H]2CC[C@H]1CN(c1nnc(Br)s1)C2. The van der Waals surface area contributed by atoms with E-state index in [0.717, 1.165) is 35.0 Å². The second-order valence-corrected chi connectivity index (χ2v) is 9.24. The van der Waals surface area contributed by atoms with Gasteiger partial charge in [-0.2, -0.15) is 0 Å². The molecule has 2 aliphatic rings. The fourth-order valence-electron chi connectivity index (χ4n) is 3.38. The molecule has 8 heteroatoms. The fraction of sp³-hybridized carbons (Fsp3) is 0.786. The van der Waals surface area contributed by atoms with Crippen LogP contribution in [-0.4, -0.2) is 41.0 Å². The van der Waals surface area contributed by atoms with Crippen molar-refractivity contribution in [3.8, 4) is 0 Å². The Bertz CT molecular complexity index is 545. The number of hydrogen-bond acceptors (Lipinski definition) is 6. The third kappa shape index (κ3) is 3.53. The maximum Gasteiger partial charge on any atom is 0.407 e. The van der Waals surface area contributed by atoms with Gasteiger partial charge in [-0.15, -0.1) is 10.2 Å². The minimum Gasteiger partial charge on any atom is -0.444 e. The number of ether oxygens (including phenoxy) is 1. The zero-order valence-electron chi connectivity index (χ0n) is 13.0. The van der Waals surface area contributed by atoms with Crippen molar-refractivity contribution in [3.63, 3.8) is 0 Å². The molecule has 0 radical (unpaired) electrons. The van der Waals surface area contributed by atoms with Crippen LogP contribution in [0.15, 0.2) is 3.92 Å². The molecule has 2 fully saturated rings. The van der Waals surface area contributed by atoms with Crippen molar-refractivity contribution in [1.29, 1.82) is 0 Å². The lowest BCUT2D eigenvalue weighted by molar-refractivity contribution is 0.0472. The number of fused-ring (bicyclic) bond motifs is 2. The quantitative estimate of drug-likeness (QED) is 0.842. The number of anilines is 1. The van der Waals surface area contributed by atoms with E-state index in [-0.39, 0.29) is 12.1 Å². The highest BCUT2D eigenvalue weighted by Crippen LogP contribution is 2.39. The molecule has 2 heterocycles. The normalized spacial score (nSPS) is 27.8. The number of carbonyl (C=O) groups is 1. The van der Waals surface area contributed by atoms with Crippen molar-refractivity contribution in [2.45, 2.75) is 45.3 Å². The third-order valence-corrected chi connectivity index (χ3v) is 5.59. The smallest absolute Gasteiger partial charge is 0.407 e. The maximum absolute atomic E-state index is 12.0. The van der Waals surface area contributed by atoms with E-state index >= 15 is 0 Å². The summed E-state index contributed by atoms with van der Waals surface area (Å²) in [6.45, 7) is 7.49. The zero-order valence-corrected chi connectivity index (χ0v) is 15.4. The van der Waals surface area contributed by atoms with Gasteiger partial charge in [-0.05, 0) is 61.4 Å². The molecule has 0 aromatic carbocycles. The minimum atomic E-state index is -0.456. The Morgan fingerprint density at radius 3 is 2.45 bits per heavy atom. The van der Waals surface area contributed by atoms with Crippen LogP contribution in [-0.2, 0) is 4.74 Å². The van der Waals surface area contributed by atoms with Gasteiger partial charge in [-0.1, -0.05) is 11.3 Å². The van der Waals surface area contributed by atoms with Gasteiger partial charge in [-0.25, -0.2) is 4.79 Å². The molecule has 6 nitrogen and oxygen atoms in total. The summed E-state index contributed by atoms with van der Waals surface area (Å²) in [6.07, 6.45) is 1.98. The van der Waals surface area contributed by atoms with E-state index in [0.29, 0.717) is 11.8 Å². The van der Waals surface area contributed by atoms with E-state index in [1.807, 2.05) is 20.8 Å². The Kier molecular flexibility index (Phi) is 4.33. The highest BCUT2D eigenvalue weighted by molar-refractivity contribution is 9.11. The van der Waals surface area contributed by atoms with Crippen LogP contribution in [0.4, 0.5) is 9.93 Å². The molecule has 1 aromatic heterocycles. The molecule has 122 valence electrons. The number of nitrogens with one attached hydrogen (secondary N) is 1. The average molecular weight is 389 g/mol. The van der Waals surface area contributed by atoms with Crippen LogP contribution in [0.2, 0.25) is 0 Å². The molecule has 2 bridgehead atoms. The first-order chi connectivity index (χ1) is 10.3. The van der Waals surface area contributed by atoms with Gasteiger partial charge in [0, 0.05) is 19.1 Å². The fourth-order valence-corrected chi connectivity index (χ4v) is 4.49. The summed E-state index contributed by atoms with van der Waals surface area (Å²) >= 11 is 4.92. The summed E-state index contributed by atoms with van der Waals surface area (Å²) in [5.74, 6) is 0.905. The molecule has 1 N–H and O–H groups in total. The highest BCUT2D eigenvalue weighted by atomic mass is 79.9. The summed E-state index contributed by atoms with van der Waals surface area (Å²) in [6, 6.07) is 0.211. The molecule has 1 aliphatic carbocycles. The van der Waals surface area contributed by atoms with Gasteiger partial charge >= 0.3 is 6.09 Å². The van der Waals surface area contributed by atoms with Crippen LogP contribution in [0.1, 0.15) is 33.6 Å². The van der Waals surface area contributed by atoms with E-state index in [4.69, 9.17) is 4.74 Å². The Balaban J connectivity index is 1.62. The third-order valence-electron chi connectivity index (χ3n) is 4.18. The minimum absolute atomic E-state index is 0.211. The number of nitrogens with zero attached hydrogens (tertiary/aromatic N) is 3. The first-order valence-corrected chi connectivity index (χ1v) is 9.16. The number of piperidine rings is 1. The molecule has 1 amide bonds. The lowest BCUT2D eigenvalue weighted by Gasteiger charge is -2.38. The number of hydrogen-bond donors (Lipinski definition) is 1. The van der Waals surface area contributed by atoms with Crippen LogP contribution >= 0.6 is 27.3 Å². The van der Waals surface area contributed by atoms with Crippen molar-refractivity contribution in [3.05, 3.63) is 3.92 Å². The van der Waals surface area contributed by atoms with Crippen LogP contribution < -0.4 is 10.2 Å². The van der Waals surface area contributed by atoms with Gasteiger partial charge in [0.2, 0.25) is 5.13 Å². The predicted molar refractivity (Wildman–Crippen MR) is 89.2 cm³/mol. The zero-order chi connectivity index (χ0) is 15.9. The predicted octanol–water partition coefficient (Wildman–Crippen LogP) is 3.04. The maximum atomic E-state index is 12.0. The first-order valence-electron chi connectivity index (χ1n) is 7.55. The van der Waals surface area contributed by atoms with Crippen molar-refractivity contribution in [2.24, 2.45) is 11.8 Å². The molecule has 0 unspecified atom stereocenters. The molecule has 0 spiro atoms. The summed E-state index contributed by atoms with van der Waals surface area (Å²) in [5, 5.41) is 12.3. The molecular formula is C14H21BrN4O2S. The van der Waals surface area contributed by atoms with Crippen molar-refractivity contribution >= 4 is 38.5 Å². The largest absolute Gasteiger partial charge is 0.444 e. The first kappa shape index (κ1) is 16.0. The standard InChI is InChI=1S/C14H21BrN4O2S/c1-14(2,3)21-13(20)16-10-8-4-5-9(10)7-19(6-8)12-18-17-11(15)22-12/h8-10H,4-7H2,1-3H3,(H,16,20)/t8-,9+,10+. The molecule has 1 saturated heterocycles. The van der Waals surface area contributed by atoms with Gasteiger partial charge in [0.15, 0.2) is 3.92 Å². The van der Waals surface area contributed by atoms with Crippen LogP contribution in [0.25, 0.3) is 0 Å². The molecule has 3 atom stereocenters. The number of alkyl carbamates (subject to hydrolysis) is 1. The Morgan fingerprint density at radius 1 is 1.32 bits per heavy atom. The summed E-state index contributed by atoms with van der Waals surface area (Å²) in [5.41, 5.74) is -0.456. The highest BCUT2D eigenvalue weighted by Gasteiger charge is 2.44. The second kappa shape index (κ2) is 5.96. The van der Waals surface area contributed by atoms with Crippen molar-refractivity contribution < 1.29 is 9.53 Å². The van der Waals surface area contributed by atoms with Crippen molar-refractivity contribution in [2.75, 3.05) is 18.0 Å². The number of halogens is 1.